The number of nitrogens with one attached hydrogen (secondary N) is 1. The van der Waals surface area contributed by atoms with E-state index in [9.17, 15) is 13.9 Å². The zero-order valence-corrected chi connectivity index (χ0v) is 9.35. The molecule has 0 radical (unpaired) electrons. The van der Waals surface area contributed by atoms with Crippen molar-refractivity contribution in [1.82, 2.24) is 9.97 Å². The molecule has 0 amide bonds. The van der Waals surface area contributed by atoms with Crippen LogP contribution in [0.5, 0.6) is 0 Å². The number of aromatic nitrogens is 2. The standard InChI is InChI=1S/C12H11F2N3O/c13-9-3-1-8(2-4-9)10(18)5-16-12-7-15-11(14)6-17-12/h1-4,6-7,10,18H,5H2,(H,16,17)/t10-/m1/s1. The van der Waals surface area contributed by atoms with Crippen LogP contribution in [0.3, 0.4) is 0 Å². The lowest BCUT2D eigenvalue weighted by Gasteiger charge is -2.12. The number of halogens is 2. The maximum atomic E-state index is 12.7. The summed E-state index contributed by atoms with van der Waals surface area (Å²) in [4.78, 5) is 7.16. The van der Waals surface area contributed by atoms with Crippen LogP contribution in [0.4, 0.5) is 14.6 Å². The van der Waals surface area contributed by atoms with Crippen LogP contribution >= 0.6 is 0 Å². The summed E-state index contributed by atoms with van der Waals surface area (Å²) in [5, 5.41) is 12.6. The topological polar surface area (TPSA) is 58.0 Å². The van der Waals surface area contributed by atoms with Crippen molar-refractivity contribution in [2.45, 2.75) is 6.10 Å². The lowest BCUT2D eigenvalue weighted by atomic mass is 10.1. The second kappa shape index (κ2) is 5.50. The molecule has 0 saturated carbocycles. The van der Waals surface area contributed by atoms with E-state index >= 15 is 0 Å². The van der Waals surface area contributed by atoms with E-state index in [-0.39, 0.29) is 12.4 Å². The molecule has 6 heteroatoms. The highest BCUT2D eigenvalue weighted by Gasteiger charge is 2.07. The van der Waals surface area contributed by atoms with Crippen molar-refractivity contribution in [3.63, 3.8) is 0 Å². The molecule has 0 aliphatic rings. The van der Waals surface area contributed by atoms with Gasteiger partial charge in [0.2, 0.25) is 5.95 Å². The highest BCUT2D eigenvalue weighted by molar-refractivity contribution is 5.31. The zero-order valence-electron chi connectivity index (χ0n) is 9.35. The van der Waals surface area contributed by atoms with Gasteiger partial charge in [-0.05, 0) is 17.7 Å². The van der Waals surface area contributed by atoms with E-state index in [1.165, 1.54) is 30.5 Å². The summed E-state index contributed by atoms with van der Waals surface area (Å²) in [6.07, 6.45) is 1.40. The molecule has 0 aliphatic heterocycles. The molecule has 94 valence electrons. The number of hydrogen-bond acceptors (Lipinski definition) is 4. The Morgan fingerprint density at radius 1 is 1.11 bits per heavy atom. The smallest absolute Gasteiger partial charge is 0.231 e. The van der Waals surface area contributed by atoms with E-state index < -0.39 is 12.1 Å². The number of hydrogen-bond donors (Lipinski definition) is 2. The van der Waals surface area contributed by atoms with Gasteiger partial charge in [-0.25, -0.2) is 14.4 Å². The molecule has 0 fully saturated rings. The first-order valence-electron chi connectivity index (χ1n) is 5.30. The van der Waals surface area contributed by atoms with E-state index in [0.717, 1.165) is 6.20 Å². The number of anilines is 1. The molecule has 0 spiro atoms. The summed E-state index contributed by atoms with van der Waals surface area (Å²) < 4.78 is 25.2. The fourth-order valence-corrected chi connectivity index (χ4v) is 1.41. The fraction of sp³-hybridized carbons (Fsp3) is 0.167. The van der Waals surface area contributed by atoms with Crippen LogP contribution < -0.4 is 5.32 Å². The number of aliphatic hydroxyl groups is 1. The Morgan fingerprint density at radius 3 is 2.44 bits per heavy atom. The van der Waals surface area contributed by atoms with Crippen molar-refractivity contribution in [1.29, 1.82) is 0 Å². The third-order valence-corrected chi connectivity index (χ3v) is 2.35. The highest BCUT2D eigenvalue weighted by atomic mass is 19.1. The molecule has 0 bridgehead atoms. The van der Waals surface area contributed by atoms with Crippen LogP contribution in [0.25, 0.3) is 0 Å². The number of nitrogens with zero attached hydrogens (tertiary/aromatic N) is 2. The van der Waals surface area contributed by atoms with Crippen molar-refractivity contribution in [2.75, 3.05) is 11.9 Å². The Balaban J connectivity index is 1.93. The van der Waals surface area contributed by atoms with E-state index in [1.54, 1.807) is 0 Å². The molecule has 0 aliphatic carbocycles. The maximum absolute atomic E-state index is 12.7. The first-order chi connectivity index (χ1) is 8.65. The number of aliphatic hydroxyl groups excluding tert-OH is 1. The molecule has 4 nitrogen and oxygen atoms in total. The Morgan fingerprint density at radius 2 is 1.83 bits per heavy atom. The Bertz CT molecular complexity index is 502. The number of rotatable bonds is 4. The second-order valence-corrected chi connectivity index (χ2v) is 3.67. The van der Waals surface area contributed by atoms with E-state index in [4.69, 9.17) is 0 Å². The van der Waals surface area contributed by atoms with Crippen LogP contribution in [-0.2, 0) is 0 Å². The van der Waals surface area contributed by atoms with Gasteiger partial charge in [0.15, 0.2) is 0 Å². The minimum Gasteiger partial charge on any atom is -0.387 e. The van der Waals surface area contributed by atoms with Crippen LogP contribution in [0.1, 0.15) is 11.7 Å². The molecule has 1 atom stereocenters. The van der Waals surface area contributed by atoms with Crippen molar-refractivity contribution in [3.05, 3.63) is 54.0 Å². The van der Waals surface area contributed by atoms with E-state index in [0.29, 0.717) is 11.4 Å². The van der Waals surface area contributed by atoms with Crippen molar-refractivity contribution >= 4 is 5.82 Å². The van der Waals surface area contributed by atoms with Gasteiger partial charge in [0.1, 0.15) is 11.6 Å². The van der Waals surface area contributed by atoms with Crippen LogP contribution in [-0.4, -0.2) is 21.6 Å². The minimum atomic E-state index is -0.808. The average Bonchev–Trinajstić information content (AvgIpc) is 2.38. The quantitative estimate of drug-likeness (QED) is 0.871. The van der Waals surface area contributed by atoms with Crippen molar-refractivity contribution in [2.24, 2.45) is 0 Å². The van der Waals surface area contributed by atoms with Gasteiger partial charge in [-0.3, -0.25) is 0 Å². The van der Waals surface area contributed by atoms with Gasteiger partial charge in [0.05, 0.1) is 18.5 Å². The SMILES string of the molecule is O[C@H](CNc1cnc(F)cn1)c1ccc(F)cc1. The van der Waals surface area contributed by atoms with Gasteiger partial charge in [0, 0.05) is 6.54 Å². The molecule has 2 rings (SSSR count). The highest BCUT2D eigenvalue weighted by Crippen LogP contribution is 2.14. The van der Waals surface area contributed by atoms with Gasteiger partial charge in [-0.2, -0.15) is 4.39 Å². The molecule has 1 aromatic heterocycles. The fourth-order valence-electron chi connectivity index (χ4n) is 1.41. The Kier molecular flexibility index (Phi) is 3.78. The van der Waals surface area contributed by atoms with Gasteiger partial charge in [-0.1, -0.05) is 12.1 Å². The molecule has 1 aromatic carbocycles. The monoisotopic (exact) mass is 251 g/mol. The Labute approximate surface area is 102 Å². The first kappa shape index (κ1) is 12.4. The van der Waals surface area contributed by atoms with Gasteiger partial charge in [0.25, 0.3) is 0 Å². The molecule has 18 heavy (non-hydrogen) atoms. The summed E-state index contributed by atoms with van der Waals surface area (Å²) in [6.45, 7) is 0.173. The van der Waals surface area contributed by atoms with Crippen molar-refractivity contribution in [3.8, 4) is 0 Å². The average molecular weight is 251 g/mol. The molecule has 2 aromatic rings. The van der Waals surface area contributed by atoms with Gasteiger partial charge >= 0.3 is 0 Å². The molecule has 2 N–H and O–H groups in total. The molecule has 1 heterocycles. The summed E-state index contributed by atoms with van der Waals surface area (Å²) in [5.41, 5.74) is 0.582. The number of benzene rings is 1. The third kappa shape index (κ3) is 3.21. The summed E-state index contributed by atoms with van der Waals surface area (Å²) >= 11 is 0. The summed E-state index contributed by atoms with van der Waals surface area (Å²) in [5.74, 6) is -0.666. The third-order valence-electron chi connectivity index (χ3n) is 2.35. The van der Waals surface area contributed by atoms with Gasteiger partial charge < -0.3 is 10.4 Å². The lowest BCUT2D eigenvalue weighted by molar-refractivity contribution is 0.191. The molecule has 0 unspecified atom stereocenters. The predicted octanol–water partition coefficient (Wildman–Crippen LogP) is 1.90. The second-order valence-electron chi connectivity index (χ2n) is 3.67. The normalized spacial score (nSPS) is 12.2. The van der Waals surface area contributed by atoms with E-state index in [2.05, 4.69) is 15.3 Å². The van der Waals surface area contributed by atoms with Gasteiger partial charge in [-0.15, -0.1) is 0 Å². The van der Waals surface area contributed by atoms with Crippen LogP contribution in [0, 0.1) is 11.8 Å². The Hall–Kier alpha value is -2.08. The predicted molar refractivity (Wildman–Crippen MR) is 61.8 cm³/mol. The molecular weight excluding hydrogens is 240 g/mol. The minimum absolute atomic E-state index is 0.173. The molecular formula is C12H11F2N3O. The van der Waals surface area contributed by atoms with Crippen molar-refractivity contribution < 1.29 is 13.9 Å². The lowest BCUT2D eigenvalue weighted by Crippen LogP contribution is -2.13. The summed E-state index contributed by atoms with van der Waals surface area (Å²) in [6, 6.07) is 5.54. The maximum Gasteiger partial charge on any atom is 0.231 e. The molecule has 0 saturated heterocycles. The van der Waals surface area contributed by atoms with Crippen LogP contribution in [0.2, 0.25) is 0 Å². The zero-order chi connectivity index (χ0) is 13.0. The first-order valence-corrected chi connectivity index (χ1v) is 5.30. The largest absolute Gasteiger partial charge is 0.387 e. The summed E-state index contributed by atoms with van der Waals surface area (Å²) in [7, 11) is 0. The van der Waals surface area contributed by atoms with Crippen LogP contribution in [0.15, 0.2) is 36.7 Å². The van der Waals surface area contributed by atoms with E-state index in [1.807, 2.05) is 0 Å².